The zero-order chi connectivity index (χ0) is 10.8. The SMILES string of the molecule is N#Cc1c(F)cccc1-c1sccc1Br. The summed E-state index contributed by atoms with van der Waals surface area (Å²) in [5, 5.41) is 10.8. The molecule has 0 saturated carbocycles. The van der Waals surface area contributed by atoms with E-state index < -0.39 is 5.82 Å². The summed E-state index contributed by atoms with van der Waals surface area (Å²) < 4.78 is 14.2. The first-order valence-corrected chi connectivity index (χ1v) is 5.83. The Kier molecular flexibility index (Phi) is 2.85. The lowest BCUT2D eigenvalue weighted by atomic mass is 10.1. The maximum Gasteiger partial charge on any atom is 0.141 e. The Morgan fingerprint density at radius 3 is 2.73 bits per heavy atom. The molecule has 15 heavy (non-hydrogen) atoms. The largest absolute Gasteiger partial charge is 0.206 e. The second-order valence-electron chi connectivity index (χ2n) is 2.87. The molecule has 0 aliphatic heterocycles. The highest BCUT2D eigenvalue weighted by atomic mass is 79.9. The summed E-state index contributed by atoms with van der Waals surface area (Å²) >= 11 is 4.85. The maximum atomic E-state index is 13.3. The Bertz CT molecular complexity index is 542. The maximum absolute atomic E-state index is 13.3. The van der Waals surface area contributed by atoms with Crippen molar-refractivity contribution >= 4 is 27.3 Å². The van der Waals surface area contributed by atoms with Crippen LogP contribution < -0.4 is 0 Å². The first-order chi connectivity index (χ1) is 7.24. The molecule has 0 unspecified atom stereocenters. The van der Waals surface area contributed by atoms with Crippen molar-refractivity contribution in [2.24, 2.45) is 0 Å². The van der Waals surface area contributed by atoms with Crippen molar-refractivity contribution in [1.29, 1.82) is 5.26 Å². The third-order valence-corrected chi connectivity index (χ3v) is 3.86. The molecule has 0 N–H and O–H groups in total. The van der Waals surface area contributed by atoms with Crippen LogP contribution in [0.1, 0.15) is 5.56 Å². The molecule has 4 heteroatoms. The van der Waals surface area contributed by atoms with E-state index in [9.17, 15) is 4.39 Å². The third-order valence-electron chi connectivity index (χ3n) is 1.99. The van der Waals surface area contributed by atoms with Crippen molar-refractivity contribution in [2.45, 2.75) is 0 Å². The van der Waals surface area contributed by atoms with E-state index in [2.05, 4.69) is 15.9 Å². The second-order valence-corrected chi connectivity index (χ2v) is 4.64. The van der Waals surface area contributed by atoms with E-state index in [1.54, 1.807) is 12.1 Å². The van der Waals surface area contributed by atoms with Crippen LogP contribution in [0.2, 0.25) is 0 Å². The molecule has 0 bridgehead atoms. The summed E-state index contributed by atoms with van der Waals surface area (Å²) in [6.45, 7) is 0. The van der Waals surface area contributed by atoms with Gasteiger partial charge in [-0.3, -0.25) is 0 Å². The summed E-state index contributed by atoms with van der Waals surface area (Å²) in [6.07, 6.45) is 0. The monoisotopic (exact) mass is 281 g/mol. The molecule has 1 heterocycles. The van der Waals surface area contributed by atoms with Gasteiger partial charge in [-0.15, -0.1) is 11.3 Å². The number of thiophene rings is 1. The van der Waals surface area contributed by atoms with Crippen molar-refractivity contribution in [3.8, 4) is 16.5 Å². The first-order valence-electron chi connectivity index (χ1n) is 4.16. The minimum atomic E-state index is -0.477. The smallest absolute Gasteiger partial charge is 0.141 e. The van der Waals surface area contributed by atoms with Gasteiger partial charge >= 0.3 is 0 Å². The number of rotatable bonds is 1. The van der Waals surface area contributed by atoms with Crippen molar-refractivity contribution < 1.29 is 4.39 Å². The molecule has 0 spiro atoms. The van der Waals surface area contributed by atoms with Gasteiger partial charge < -0.3 is 0 Å². The molecule has 0 radical (unpaired) electrons. The molecule has 1 aromatic carbocycles. The van der Waals surface area contributed by atoms with Gasteiger partial charge in [0.1, 0.15) is 11.9 Å². The minimum absolute atomic E-state index is 0.0978. The number of benzene rings is 1. The van der Waals surface area contributed by atoms with Crippen molar-refractivity contribution in [1.82, 2.24) is 0 Å². The lowest BCUT2D eigenvalue weighted by Crippen LogP contribution is -1.87. The minimum Gasteiger partial charge on any atom is -0.206 e. The van der Waals surface area contributed by atoms with Crippen LogP contribution in [-0.4, -0.2) is 0 Å². The quantitative estimate of drug-likeness (QED) is 0.769. The Morgan fingerprint density at radius 1 is 1.33 bits per heavy atom. The van der Waals surface area contributed by atoms with Crippen LogP contribution in [0.3, 0.4) is 0 Å². The molecule has 0 aliphatic carbocycles. The fraction of sp³-hybridized carbons (Fsp3) is 0. The normalized spacial score (nSPS) is 9.93. The molecule has 74 valence electrons. The Hall–Kier alpha value is -1.18. The Morgan fingerprint density at radius 2 is 2.13 bits per heavy atom. The summed E-state index contributed by atoms with van der Waals surface area (Å²) in [7, 11) is 0. The number of nitriles is 1. The average Bonchev–Trinajstić information content (AvgIpc) is 2.64. The molecule has 1 aromatic heterocycles. The van der Waals surface area contributed by atoms with Crippen LogP contribution in [-0.2, 0) is 0 Å². The molecule has 2 aromatic rings. The van der Waals surface area contributed by atoms with Crippen LogP contribution in [0.5, 0.6) is 0 Å². The fourth-order valence-corrected chi connectivity index (χ4v) is 2.93. The average molecular weight is 282 g/mol. The van der Waals surface area contributed by atoms with Gasteiger partial charge in [-0.25, -0.2) is 4.39 Å². The van der Waals surface area contributed by atoms with Crippen LogP contribution in [0, 0.1) is 17.1 Å². The molecule has 0 amide bonds. The van der Waals surface area contributed by atoms with Crippen molar-refractivity contribution in [2.75, 3.05) is 0 Å². The highest BCUT2D eigenvalue weighted by Crippen LogP contribution is 2.35. The van der Waals surface area contributed by atoms with E-state index in [0.717, 1.165) is 9.35 Å². The molecule has 0 saturated heterocycles. The van der Waals surface area contributed by atoms with Crippen LogP contribution in [0.15, 0.2) is 34.1 Å². The van der Waals surface area contributed by atoms with Gasteiger partial charge in [0.25, 0.3) is 0 Å². The zero-order valence-electron chi connectivity index (χ0n) is 7.50. The van der Waals surface area contributed by atoms with E-state index in [1.165, 1.54) is 17.4 Å². The highest BCUT2D eigenvalue weighted by molar-refractivity contribution is 9.10. The molecule has 2 rings (SSSR count). The van der Waals surface area contributed by atoms with E-state index in [-0.39, 0.29) is 5.56 Å². The van der Waals surface area contributed by atoms with Gasteiger partial charge in [-0.05, 0) is 33.4 Å². The number of hydrogen-bond donors (Lipinski definition) is 0. The predicted molar refractivity (Wildman–Crippen MR) is 62.1 cm³/mol. The number of hydrogen-bond acceptors (Lipinski definition) is 2. The van der Waals surface area contributed by atoms with Gasteiger partial charge in [0.15, 0.2) is 0 Å². The lowest BCUT2D eigenvalue weighted by molar-refractivity contribution is 0.624. The Labute approximate surface area is 98.9 Å². The summed E-state index contributed by atoms with van der Waals surface area (Å²) in [6, 6.07) is 8.42. The van der Waals surface area contributed by atoms with Crippen LogP contribution in [0.4, 0.5) is 4.39 Å². The molecular formula is C11H5BrFNS. The predicted octanol–water partition coefficient (Wildman–Crippen LogP) is 4.19. The molecular weight excluding hydrogens is 277 g/mol. The highest BCUT2D eigenvalue weighted by Gasteiger charge is 2.12. The van der Waals surface area contributed by atoms with Gasteiger partial charge in [-0.2, -0.15) is 5.26 Å². The molecule has 0 atom stereocenters. The third kappa shape index (κ3) is 1.81. The summed E-state index contributed by atoms with van der Waals surface area (Å²) in [4.78, 5) is 0.881. The summed E-state index contributed by atoms with van der Waals surface area (Å²) in [5.74, 6) is -0.477. The number of halogens is 2. The van der Waals surface area contributed by atoms with Crippen LogP contribution >= 0.6 is 27.3 Å². The van der Waals surface area contributed by atoms with E-state index in [0.29, 0.717) is 5.56 Å². The lowest BCUT2D eigenvalue weighted by Gasteiger charge is -2.02. The van der Waals surface area contributed by atoms with Gasteiger partial charge in [0.2, 0.25) is 0 Å². The van der Waals surface area contributed by atoms with Crippen molar-refractivity contribution in [3.05, 3.63) is 45.5 Å². The first kappa shape index (κ1) is 10.3. The topological polar surface area (TPSA) is 23.8 Å². The van der Waals surface area contributed by atoms with E-state index in [1.807, 2.05) is 17.5 Å². The van der Waals surface area contributed by atoms with Gasteiger partial charge in [-0.1, -0.05) is 12.1 Å². The molecule has 0 fully saturated rings. The van der Waals surface area contributed by atoms with E-state index >= 15 is 0 Å². The van der Waals surface area contributed by atoms with Crippen LogP contribution in [0.25, 0.3) is 10.4 Å². The second kappa shape index (κ2) is 4.13. The fourth-order valence-electron chi connectivity index (χ4n) is 1.31. The Balaban J connectivity index is 2.70. The van der Waals surface area contributed by atoms with E-state index in [4.69, 9.17) is 5.26 Å². The zero-order valence-corrected chi connectivity index (χ0v) is 9.90. The molecule has 1 nitrogen and oxygen atoms in total. The van der Waals surface area contributed by atoms with Gasteiger partial charge in [0.05, 0.1) is 5.56 Å². The standard InChI is InChI=1S/C11H5BrFNS/c12-9-4-5-15-11(9)7-2-1-3-10(13)8(7)6-14/h1-5H. The van der Waals surface area contributed by atoms with Crippen molar-refractivity contribution in [3.63, 3.8) is 0 Å². The summed E-state index contributed by atoms with van der Waals surface area (Å²) in [5.41, 5.74) is 0.736. The number of nitrogens with zero attached hydrogens (tertiary/aromatic N) is 1. The molecule has 0 aliphatic rings. The van der Waals surface area contributed by atoms with Gasteiger partial charge in [0, 0.05) is 14.9 Å².